The molecule has 1 N–H and O–H groups in total. The maximum Gasteiger partial charge on any atom is 0.253 e. The molecule has 2 aliphatic rings. The van der Waals surface area contributed by atoms with E-state index in [9.17, 15) is 9.18 Å². The quantitative estimate of drug-likeness (QED) is 0.401. The van der Waals surface area contributed by atoms with Crippen molar-refractivity contribution in [1.82, 2.24) is 30.1 Å². The van der Waals surface area contributed by atoms with Crippen LogP contribution in [0.5, 0.6) is 11.5 Å². The number of ether oxygens (including phenoxy) is 3. The summed E-state index contributed by atoms with van der Waals surface area (Å²) in [6, 6.07) is 11.5. The van der Waals surface area contributed by atoms with E-state index in [0.717, 1.165) is 11.1 Å². The lowest BCUT2D eigenvalue weighted by molar-refractivity contribution is 0.171. The molecule has 4 aromatic rings. The third-order valence-corrected chi connectivity index (χ3v) is 6.84. The van der Waals surface area contributed by atoms with Gasteiger partial charge >= 0.3 is 0 Å². The van der Waals surface area contributed by atoms with Gasteiger partial charge in [0.1, 0.15) is 11.9 Å². The van der Waals surface area contributed by atoms with Crippen LogP contribution in [0.2, 0.25) is 0 Å². The fraction of sp³-hybridized carbons (Fsp3) is 0.360. The number of fused-ring (bicyclic) bond motifs is 2. The number of pyridine rings is 1. The Morgan fingerprint density at radius 1 is 1.08 bits per heavy atom. The molecule has 1 saturated heterocycles. The van der Waals surface area contributed by atoms with E-state index in [1.807, 2.05) is 12.1 Å². The van der Waals surface area contributed by atoms with Crippen LogP contribution in [0, 0.1) is 5.82 Å². The molecule has 11 nitrogen and oxygen atoms in total. The average Bonchev–Trinajstić information content (AvgIpc) is 3.57. The van der Waals surface area contributed by atoms with Crippen molar-refractivity contribution in [3.63, 3.8) is 0 Å². The van der Waals surface area contributed by atoms with Gasteiger partial charge in [-0.25, -0.2) is 9.07 Å². The molecule has 37 heavy (non-hydrogen) atoms. The van der Waals surface area contributed by atoms with E-state index in [2.05, 4.69) is 30.3 Å². The number of aromatic nitrogens is 5. The Balaban J connectivity index is 1.37. The Kier molecular flexibility index (Phi) is 6.18. The summed E-state index contributed by atoms with van der Waals surface area (Å²) in [5.74, 6) is 1.55. The number of nitrogens with one attached hydrogen (secondary N) is 1. The number of halogens is 1. The summed E-state index contributed by atoms with van der Waals surface area (Å²) >= 11 is 0. The van der Waals surface area contributed by atoms with Crippen LogP contribution in [0.3, 0.4) is 0 Å². The summed E-state index contributed by atoms with van der Waals surface area (Å²) in [6.45, 7) is 3.74. The Morgan fingerprint density at radius 3 is 2.59 bits per heavy atom. The minimum atomic E-state index is -0.485. The molecule has 1 fully saturated rings. The number of aromatic amines is 1. The standard InChI is InChI=1S/C25H26FN7O4/c1-35-11-10-33-24(28-29-30-33)23(32-8-6-31(7-9-32)18-4-2-17(26)3-5-18)19-12-16-13-21-22(37-15-36-21)14-20(16)27-25(19)34/h2-5,12-14,23H,6-11,15H2,1H3,(H,27,34)/t23-/m0/s1. The molecule has 0 unspecified atom stereocenters. The van der Waals surface area contributed by atoms with Crippen LogP contribution in [-0.4, -0.2) is 76.8 Å². The van der Waals surface area contributed by atoms with Crippen molar-refractivity contribution in [2.75, 3.05) is 51.6 Å². The first-order valence-corrected chi connectivity index (χ1v) is 12.1. The predicted octanol–water partition coefficient (Wildman–Crippen LogP) is 1.94. The Hall–Kier alpha value is -4.03. The lowest BCUT2D eigenvalue weighted by Crippen LogP contribution is -2.49. The molecule has 4 heterocycles. The number of methoxy groups -OCH3 is 1. The van der Waals surface area contributed by atoms with E-state index in [-0.39, 0.29) is 18.2 Å². The number of piperazine rings is 1. The zero-order valence-electron chi connectivity index (χ0n) is 20.3. The van der Waals surface area contributed by atoms with Gasteiger partial charge in [-0.15, -0.1) is 5.10 Å². The van der Waals surface area contributed by atoms with Gasteiger partial charge in [0, 0.05) is 56.0 Å². The predicted molar refractivity (Wildman–Crippen MR) is 132 cm³/mol. The second-order valence-corrected chi connectivity index (χ2v) is 9.00. The van der Waals surface area contributed by atoms with E-state index in [1.54, 1.807) is 30.0 Å². The average molecular weight is 508 g/mol. The Labute approximate surface area is 211 Å². The fourth-order valence-corrected chi connectivity index (χ4v) is 4.95. The van der Waals surface area contributed by atoms with E-state index in [1.165, 1.54) is 12.1 Å². The van der Waals surface area contributed by atoms with Crippen LogP contribution in [0.15, 0.2) is 47.3 Å². The maximum atomic E-state index is 13.5. The van der Waals surface area contributed by atoms with E-state index >= 15 is 0 Å². The second-order valence-electron chi connectivity index (χ2n) is 9.00. The molecule has 12 heteroatoms. The molecule has 0 saturated carbocycles. The number of nitrogens with zero attached hydrogens (tertiary/aromatic N) is 6. The molecule has 0 spiro atoms. The van der Waals surface area contributed by atoms with Gasteiger partial charge < -0.3 is 24.1 Å². The van der Waals surface area contributed by atoms with Crippen LogP contribution >= 0.6 is 0 Å². The van der Waals surface area contributed by atoms with Gasteiger partial charge in [-0.1, -0.05) is 0 Å². The van der Waals surface area contributed by atoms with Crippen molar-refractivity contribution in [1.29, 1.82) is 0 Å². The molecule has 0 amide bonds. The summed E-state index contributed by atoms with van der Waals surface area (Å²) in [7, 11) is 1.62. The van der Waals surface area contributed by atoms with Crippen LogP contribution in [-0.2, 0) is 11.3 Å². The lowest BCUT2D eigenvalue weighted by Gasteiger charge is -2.39. The minimum absolute atomic E-state index is 0.151. The molecule has 2 aromatic carbocycles. The highest BCUT2D eigenvalue weighted by Gasteiger charge is 2.33. The number of hydrogen-bond donors (Lipinski definition) is 1. The molecule has 0 radical (unpaired) electrons. The third-order valence-electron chi connectivity index (χ3n) is 6.84. The molecule has 192 valence electrons. The summed E-state index contributed by atoms with van der Waals surface area (Å²) in [5, 5.41) is 13.2. The summed E-state index contributed by atoms with van der Waals surface area (Å²) in [5.41, 5.74) is 1.94. The highest BCUT2D eigenvalue weighted by molar-refractivity contribution is 5.83. The van der Waals surface area contributed by atoms with Gasteiger partial charge in [-0.05, 0) is 46.8 Å². The normalized spacial score (nSPS) is 16.4. The number of benzene rings is 2. The van der Waals surface area contributed by atoms with Crippen molar-refractivity contribution < 1.29 is 18.6 Å². The molecule has 1 atom stereocenters. The minimum Gasteiger partial charge on any atom is -0.454 e. The summed E-state index contributed by atoms with van der Waals surface area (Å²) in [4.78, 5) is 20.9. The number of H-pyrrole nitrogens is 1. The van der Waals surface area contributed by atoms with Crippen molar-refractivity contribution in [3.05, 3.63) is 70.0 Å². The number of hydrogen-bond acceptors (Lipinski definition) is 9. The van der Waals surface area contributed by atoms with Gasteiger partial charge in [0.15, 0.2) is 17.3 Å². The largest absolute Gasteiger partial charge is 0.454 e. The first kappa shape index (κ1) is 23.4. The van der Waals surface area contributed by atoms with E-state index < -0.39 is 6.04 Å². The van der Waals surface area contributed by atoms with Gasteiger partial charge in [0.2, 0.25) is 6.79 Å². The molecular weight excluding hydrogens is 481 g/mol. The van der Waals surface area contributed by atoms with Crippen LogP contribution < -0.4 is 19.9 Å². The molecule has 0 aliphatic carbocycles. The van der Waals surface area contributed by atoms with Crippen molar-refractivity contribution in [3.8, 4) is 11.5 Å². The summed E-state index contributed by atoms with van der Waals surface area (Å²) < 4.78 is 31.3. The molecule has 0 bridgehead atoms. The molecular formula is C25H26FN7O4. The van der Waals surface area contributed by atoms with E-state index in [0.29, 0.717) is 67.7 Å². The fourth-order valence-electron chi connectivity index (χ4n) is 4.95. The van der Waals surface area contributed by atoms with Crippen LogP contribution in [0.25, 0.3) is 10.9 Å². The van der Waals surface area contributed by atoms with Crippen molar-refractivity contribution in [2.45, 2.75) is 12.6 Å². The van der Waals surface area contributed by atoms with Gasteiger partial charge in [0.05, 0.1) is 18.7 Å². The van der Waals surface area contributed by atoms with E-state index in [4.69, 9.17) is 14.2 Å². The summed E-state index contributed by atoms with van der Waals surface area (Å²) in [6.07, 6.45) is 0. The zero-order chi connectivity index (χ0) is 25.4. The molecule has 2 aliphatic heterocycles. The highest BCUT2D eigenvalue weighted by atomic mass is 19.1. The number of tetrazole rings is 1. The molecule has 2 aromatic heterocycles. The number of rotatable bonds is 7. The second kappa shape index (κ2) is 9.79. The number of anilines is 1. The first-order valence-electron chi connectivity index (χ1n) is 12.1. The smallest absolute Gasteiger partial charge is 0.253 e. The SMILES string of the molecule is COCCn1nnnc1[C@H](c1cc2cc3c(cc2[nH]c1=O)OCO3)N1CCN(c2ccc(F)cc2)CC1. The third kappa shape index (κ3) is 4.49. The Bertz CT molecular complexity index is 1460. The van der Waals surface area contributed by atoms with Gasteiger partial charge in [0.25, 0.3) is 5.56 Å². The van der Waals surface area contributed by atoms with Gasteiger partial charge in [-0.3, -0.25) is 9.69 Å². The zero-order valence-corrected chi connectivity index (χ0v) is 20.3. The molecule has 6 rings (SSSR count). The van der Waals surface area contributed by atoms with Crippen LogP contribution in [0.1, 0.15) is 17.4 Å². The van der Waals surface area contributed by atoms with Crippen molar-refractivity contribution in [2.24, 2.45) is 0 Å². The first-order chi connectivity index (χ1) is 18.1. The van der Waals surface area contributed by atoms with Crippen LogP contribution in [0.4, 0.5) is 10.1 Å². The van der Waals surface area contributed by atoms with Gasteiger partial charge in [-0.2, -0.15) is 0 Å². The monoisotopic (exact) mass is 507 g/mol. The highest BCUT2D eigenvalue weighted by Crippen LogP contribution is 2.36. The Morgan fingerprint density at radius 2 is 1.84 bits per heavy atom. The van der Waals surface area contributed by atoms with Crippen molar-refractivity contribution >= 4 is 16.6 Å². The topological polar surface area (TPSA) is 111 Å². The maximum absolute atomic E-state index is 13.5. The lowest BCUT2D eigenvalue weighted by atomic mass is 10.0.